The summed E-state index contributed by atoms with van der Waals surface area (Å²) in [7, 11) is 3.79. The molecule has 6 nitrogen and oxygen atoms in total. The summed E-state index contributed by atoms with van der Waals surface area (Å²) in [6.45, 7) is 3.61. The van der Waals surface area contributed by atoms with Gasteiger partial charge < -0.3 is 10.2 Å². The van der Waals surface area contributed by atoms with Crippen LogP contribution < -0.4 is 5.32 Å². The van der Waals surface area contributed by atoms with E-state index < -0.39 is 0 Å². The highest BCUT2D eigenvalue weighted by Gasteiger charge is 2.29. The van der Waals surface area contributed by atoms with Crippen LogP contribution in [-0.2, 0) is 7.05 Å². The normalized spacial score (nSPS) is 17.0. The second kappa shape index (κ2) is 7.95. The van der Waals surface area contributed by atoms with Crippen LogP contribution in [0.2, 0.25) is 0 Å². The van der Waals surface area contributed by atoms with Gasteiger partial charge in [-0.2, -0.15) is 5.10 Å². The minimum Gasteiger partial charge on any atom is -0.334 e. The van der Waals surface area contributed by atoms with E-state index >= 15 is 0 Å². The topological polar surface area (TPSA) is 63.1 Å². The Balaban J connectivity index is 0.00000132. The predicted molar refractivity (Wildman–Crippen MR) is 95.7 cm³/mol. The van der Waals surface area contributed by atoms with Crippen LogP contribution in [0.1, 0.15) is 28.9 Å². The molecule has 0 aromatic carbocycles. The molecule has 1 aliphatic heterocycles. The first-order valence-corrected chi connectivity index (χ1v) is 7.36. The average Bonchev–Trinajstić information content (AvgIpc) is 3.04. The van der Waals surface area contributed by atoms with Crippen molar-refractivity contribution in [3.8, 4) is 0 Å². The number of aryl methyl sites for hydroxylation is 2. The first-order valence-electron chi connectivity index (χ1n) is 7.36. The quantitative estimate of drug-likeness (QED) is 0.909. The van der Waals surface area contributed by atoms with Gasteiger partial charge in [-0.1, -0.05) is 0 Å². The summed E-state index contributed by atoms with van der Waals surface area (Å²) in [5.74, 6) is 0.0744. The van der Waals surface area contributed by atoms with Crippen molar-refractivity contribution in [2.24, 2.45) is 7.05 Å². The highest BCUT2D eigenvalue weighted by molar-refractivity contribution is 5.97. The number of pyridine rings is 1. The van der Waals surface area contributed by atoms with Crippen LogP contribution in [-0.4, -0.2) is 51.8 Å². The molecule has 3 rings (SSSR count). The molecule has 1 atom stereocenters. The molecule has 128 valence electrons. The van der Waals surface area contributed by atoms with Crippen molar-refractivity contribution in [3.63, 3.8) is 0 Å². The number of carbonyl (C=O) groups is 1. The Morgan fingerprint density at radius 3 is 2.87 bits per heavy atom. The molecule has 0 aliphatic carbocycles. The van der Waals surface area contributed by atoms with Crippen LogP contribution >= 0.6 is 24.8 Å². The molecular weight excluding hydrogens is 337 g/mol. The number of carbonyl (C=O) groups excluding carboxylic acids is 1. The SMILES string of the molecule is CNCC1CCCN1C(=O)c1cnc2c(c1)c(C)nn2C.Cl.Cl. The summed E-state index contributed by atoms with van der Waals surface area (Å²) in [6, 6.07) is 2.20. The number of halogens is 2. The standard InChI is InChI=1S/C15H21N5O.2ClH/c1-10-13-7-11(8-17-14(13)19(3)18-10)15(21)20-6-4-5-12(20)9-16-2;;/h7-8,12,16H,4-6,9H2,1-3H3;2*1H. The van der Waals surface area contributed by atoms with Crippen molar-refractivity contribution in [1.29, 1.82) is 0 Å². The minimum absolute atomic E-state index is 0. The van der Waals surface area contributed by atoms with Gasteiger partial charge in [-0.3, -0.25) is 9.48 Å². The highest BCUT2D eigenvalue weighted by atomic mass is 35.5. The van der Waals surface area contributed by atoms with E-state index in [4.69, 9.17) is 0 Å². The summed E-state index contributed by atoms with van der Waals surface area (Å²) < 4.78 is 1.75. The summed E-state index contributed by atoms with van der Waals surface area (Å²) in [6.07, 6.45) is 3.80. The number of aromatic nitrogens is 3. The molecule has 23 heavy (non-hydrogen) atoms. The van der Waals surface area contributed by atoms with Crippen molar-refractivity contribution < 1.29 is 4.79 Å². The van der Waals surface area contributed by atoms with Crippen LogP contribution in [0.4, 0.5) is 0 Å². The molecule has 0 spiro atoms. The number of likely N-dealkylation sites (tertiary alicyclic amines) is 1. The second-order valence-corrected chi connectivity index (χ2v) is 5.66. The Hall–Kier alpha value is -1.37. The van der Waals surface area contributed by atoms with Crippen LogP contribution in [0.3, 0.4) is 0 Å². The van der Waals surface area contributed by atoms with E-state index in [0.29, 0.717) is 5.56 Å². The van der Waals surface area contributed by atoms with Crippen molar-refractivity contribution in [2.75, 3.05) is 20.1 Å². The zero-order valence-corrected chi connectivity index (χ0v) is 15.2. The molecule has 0 radical (unpaired) electrons. The van der Waals surface area contributed by atoms with E-state index in [1.54, 1.807) is 10.9 Å². The van der Waals surface area contributed by atoms with Gasteiger partial charge in [0.25, 0.3) is 5.91 Å². The van der Waals surface area contributed by atoms with Crippen LogP contribution in [0.5, 0.6) is 0 Å². The van der Waals surface area contributed by atoms with E-state index in [1.165, 1.54) is 0 Å². The highest BCUT2D eigenvalue weighted by Crippen LogP contribution is 2.22. The number of hydrogen-bond acceptors (Lipinski definition) is 4. The van der Waals surface area contributed by atoms with Crippen LogP contribution in [0.15, 0.2) is 12.3 Å². The molecule has 8 heteroatoms. The van der Waals surface area contributed by atoms with E-state index in [1.807, 2.05) is 32.0 Å². The number of nitrogens with one attached hydrogen (secondary N) is 1. The Morgan fingerprint density at radius 2 is 2.17 bits per heavy atom. The van der Waals surface area contributed by atoms with E-state index in [0.717, 1.165) is 42.7 Å². The Morgan fingerprint density at radius 1 is 1.43 bits per heavy atom. The molecule has 2 aromatic heterocycles. The van der Waals surface area contributed by atoms with Gasteiger partial charge >= 0.3 is 0 Å². The molecule has 1 unspecified atom stereocenters. The monoisotopic (exact) mass is 359 g/mol. The Labute approximate surface area is 148 Å². The van der Waals surface area contributed by atoms with E-state index in [9.17, 15) is 4.79 Å². The number of amides is 1. The van der Waals surface area contributed by atoms with Gasteiger partial charge in [0.05, 0.1) is 11.3 Å². The van der Waals surface area contributed by atoms with Crippen molar-refractivity contribution in [1.82, 2.24) is 25.0 Å². The maximum Gasteiger partial charge on any atom is 0.255 e. The molecule has 2 aromatic rings. The fourth-order valence-electron chi connectivity index (χ4n) is 3.14. The largest absolute Gasteiger partial charge is 0.334 e. The maximum atomic E-state index is 12.7. The molecule has 1 amide bonds. The summed E-state index contributed by atoms with van der Waals surface area (Å²) in [5, 5.41) is 8.47. The Kier molecular flexibility index (Phi) is 6.80. The smallest absolute Gasteiger partial charge is 0.255 e. The molecule has 0 saturated carbocycles. The fourth-order valence-corrected chi connectivity index (χ4v) is 3.14. The lowest BCUT2D eigenvalue weighted by molar-refractivity contribution is 0.0737. The van der Waals surface area contributed by atoms with Crippen LogP contribution in [0.25, 0.3) is 11.0 Å². The van der Waals surface area contributed by atoms with Crippen molar-refractivity contribution >= 4 is 41.8 Å². The van der Waals surface area contributed by atoms with Crippen LogP contribution in [0, 0.1) is 6.92 Å². The molecular formula is C15H23Cl2N5O. The third-order valence-electron chi connectivity index (χ3n) is 4.19. The zero-order chi connectivity index (χ0) is 15.0. The minimum atomic E-state index is 0. The van der Waals surface area contributed by atoms with Gasteiger partial charge in [0.15, 0.2) is 5.65 Å². The van der Waals surface area contributed by atoms with E-state index in [2.05, 4.69) is 15.4 Å². The number of nitrogens with zero attached hydrogens (tertiary/aromatic N) is 4. The fraction of sp³-hybridized carbons (Fsp3) is 0.533. The van der Waals surface area contributed by atoms with Gasteiger partial charge in [-0.25, -0.2) is 4.98 Å². The first-order chi connectivity index (χ1) is 10.1. The third kappa shape index (κ3) is 3.59. The number of hydrogen-bond donors (Lipinski definition) is 1. The lowest BCUT2D eigenvalue weighted by Crippen LogP contribution is -2.40. The zero-order valence-electron chi connectivity index (χ0n) is 13.6. The summed E-state index contributed by atoms with van der Waals surface area (Å²) in [4.78, 5) is 19.1. The predicted octanol–water partition coefficient (Wildman–Crippen LogP) is 1.94. The molecule has 1 aliphatic rings. The van der Waals surface area contributed by atoms with Gasteiger partial charge in [0.1, 0.15) is 0 Å². The van der Waals surface area contributed by atoms with Crippen molar-refractivity contribution in [2.45, 2.75) is 25.8 Å². The summed E-state index contributed by atoms with van der Waals surface area (Å²) in [5.41, 5.74) is 2.38. The summed E-state index contributed by atoms with van der Waals surface area (Å²) >= 11 is 0. The Bertz CT molecular complexity index is 688. The lowest BCUT2D eigenvalue weighted by atomic mass is 10.1. The second-order valence-electron chi connectivity index (χ2n) is 5.66. The first kappa shape index (κ1) is 19.7. The number of fused-ring (bicyclic) bond motifs is 1. The number of likely N-dealkylation sites (N-methyl/N-ethyl adjacent to an activating group) is 1. The van der Waals surface area contributed by atoms with Gasteiger partial charge in [0.2, 0.25) is 0 Å². The molecule has 1 N–H and O–H groups in total. The molecule has 3 heterocycles. The van der Waals surface area contributed by atoms with Gasteiger partial charge in [-0.05, 0) is 32.9 Å². The van der Waals surface area contributed by atoms with Gasteiger partial charge in [-0.15, -0.1) is 24.8 Å². The average molecular weight is 360 g/mol. The van der Waals surface area contributed by atoms with Crippen molar-refractivity contribution in [3.05, 3.63) is 23.5 Å². The molecule has 1 saturated heterocycles. The molecule has 0 bridgehead atoms. The van der Waals surface area contributed by atoms with E-state index in [-0.39, 0.29) is 36.8 Å². The molecule has 1 fully saturated rings. The lowest BCUT2D eigenvalue weighted by Gasteiger charge is -2.24. The van der Waals surface area contributed by atoms with Gasteiger partial charge in [0, 0.05) is 37.8 Å². The third-order valence-corrected chi connectivity index (χ3v) is 4.19. The number of rotatable bonds is 3. The maximum absolute atomic E-state index is 12.7.